The molecule has 0 unspecified atom stereocenters. The van der Waals surface area contributed by atoms with Gasteiger partial charge in [-0.2, -0.15) is 0 Å². The van der Waals surface area contributed by atoms with Crippen LogP contribution in [-0.2, 0) is 4.79 Å². The predicted octanol–water partition coefficient (Wildman–Crippen LogP) is 3.19. The van der Waals surface area contributed by atoms with Crippen molar-refractivity contribution in [2.24, 2.45) is 0 Å². The van der Waals surface area contributed by atoms with Gasteiger partial charge in [-0.25, -0.2) is 4.79 Å². The summed E-state index contributed by atoms with van der Waals surface area (Å²) in [5, 5.41) is 4.76. The van der Waals surface area contributed by atoms with Crippen molar-refractivity contribution in [2.45, 2.75) is 58.3 Å². The first-order valence-electron chi connectivity index (χ1n) is 6.84. The Morgan fingerprint density at radius 3 is 2.06 bits per heavy atom. The summed E-state index contributed by atoms with van der Waals surface area (Å²) in [5.74, 6) is -0.657. The molecule has 0 aliphatic heterocycles. The van der Waals surface area contributed by atoms with Gasteiger partial charge in [-0.3, -0.25) is 10.1 Å². The number of nitrogens with one attached hydrogen (secondary N) is 2. The Balaban J connectivity index is 3.20. The average Bonchev–Trinajstić information content (AvgIpc) is 2.36. The van der Waals surface area contributed by atoms with E-state index < -0.39 is 11.9 Å². The molecule has 0 atom stereocenters. The van der Waals surface area contributed by atoms with E-state index in [2.05, 4.69) is 17.6 Å². The highest BCUT2D eigenvalue weighted by atomic mass is 35.5. The highest BCUT2D eigenvalue weighted by Gasteiger charge is 2.04. The Morgan fingerprint density at radius 1 is 0.944 bits per heavy atom. The molecule has 0 bridgehead atoms. The molecule has 0 aromatic heterocycles. The lowest BCUT2D eigenvalue weighted by atomic mass is 10.1. The van der Waals surface area contributed by atoms with Gasteiger partial charge in [0, 0.05) is 6.54 Å². The quantitative estimate of drug-likeness (QED) is 0.475. The second kappa shape index (κ2) is 12.7. The molecule has 0 spiro atoms. The van der Waals surface area contributed by atoms with Crippen LogP contribution < -0.4 is 10.6 Å². The molecule has 0 radical (unpaired) electrons. The number of hydrogen-bond donors (Lipinski definition) is 2. The summed E-state index contributed by atoms with van der Waals surface area (Å²) in [4.78, 5) is 21.9. The summed E-state index contributed by atoms with van der Waals surface area (Å²) in [7, 11) is 0. The molecule has 0 aliphatic carbocycles. The topological polar surface area (TPSA) is 58.2 Å². The van der Waals surface area contributed by atoms with Crippen LogP contribution in [0.2, 0.25) is 0 Å². The number of hydrogen-bond acceptors (Lipinski definition) is 2. The molecule has 18 heavy (non-hydrogen) atoms. The average molecular weight is 277 g/mol. The van der Waals surface area contributed by atoms with Crippen LogP contribution >= 0.6 is 11.6 Å². The fourth-order valence-electron chi connectivity index (χ4n) is 1.67. The van der Waals surface area contributed by atoms with E-state index in [1.165, 1.54) is 38.5 Å². The molecule has 0 fully saturated rings. The Labute approximate surface area is 115 Å². The summed E-state index contributed by atoms with van der Waals surface area (Å²) >= 11 is 5.26. The Hall–Kier alpha value is -0.770. The van der Waals surface area contributed by atoms with Gasteiger partial charge in [0.15, 0.2) is 0 Å². The van der Waals surface area contributed by atoms with Crippen molar-refractivity contribution in [1.82, 2.24) is 10.6 Å². The van der Waals surface area contributed by atoms with E-state index in [1.807, 2.05) is 0 Å². The molecule has 3 amide bonds. The molecule has 0 heterocycles. The van der Waals surface area contributed by atoms with Crippen molar-refractivity contribution < 1.29 is 9.59 Å². The highest BCUT2D eigenvalue weighted by molar-refractivity contribution is 6.28. The predicted molar refractivity (Wildman–Crippen MR) is 74.9 cm³/mol. The van der Waals surface area contributed by atoms with Crippen molar-refractivity contribution in [1.29, 1.82) is 0 Å². The number of unbranched alkanes of at least 4 members (excludes halogenated alkanes) is 7. The smallest absolute Gasteiger partial charge is 0.321 e. The fraction of sp³-hybridized carbons (Fsp3) is 0.846. The fourth-order valence-corrected chi connectivity index (χ4v) is 1.73. The van der Waals surface area contributed by atoms with Crippen LogP contribution in [0, 0.1) is 0 Å². The molecular formula is C13H25ClN2O2. The Kier molecular flexibility index (Phi) is 12.1. The number of imide groups is 1. The molecule has 0 aromatic carbocycles. The maximum Gasteiger partial charge on any atom is 0.321 e. The maximum atomic E-state index is 11.1. The lowest BCUT2D eigenvalue weighted by Crippen LogP contribution is -2.40. The van der Waals surface area contributed by atoms with Crippen LogP contribution in [0.25, 0.3) is 0 Å². The molecule has 0 aliphatic rings. The van der Waals surface area contributed by atoms with Crippen molar-refractivity contribution in [3.8, 4) is 0 Å². The van der Waals surface area contributed by atoms with E-state index in [9.17, 15) is 9.59 Å². The minimum Gasteiger partial charge on any atom is -0.338 e. The molecular weight excluding hydrogens is 252 g/mol. The van der Waals surface area contributed by atoms with Crippen LogP contribution in [0.1, 0.15) is 58.3 Å². The Morgan fingerprint density at radius 2 is 1.50 bits per heavy atom. The summed E-state index contributed by atoms with van der Waals surface area (Å²) in [5.41, 5.74) is 0. The highest BCUT2D eigenvalue weighted by Crippen LogP contribution is 2.07. The minimum atomic E-state index is -0.468. The molecule has 5 heteroatoms. The molecule has 0 saturated heterocycles. The van der Waals surface area contributed by atoms with Gasteiger partial charge in [-0.1, -0.05) is 51.9 Å². The summed E-state index contributed by atoms with van der Waals surface area (Å²) in [6.07, 6.45) is 9.82. The van der Waals surface area contributed by atoms with Crippen molar-refractivity contribution >= 4 is 23.5 Å². The number of halogens is 1. The van der Waals surface area contributed by atoms with Crippen LogP contribution in [0.15, 0.2) is 0 Å². The van der Waals surface area contributed by atoms with Crippen molar-refractivity contribution in [2.75, 3.05) is 12.4 Å². The van der Waals surface area contributed by atoms with E-state index >= 15 is 0 Å². The van der Waals surface area contributed by atoms with Gasteiger partial charge in [0.2, 0.25) is 5.91 Å². The van der Waals surface area contributed by atoms with Crippen LogP contribution in [0.3, 0.4) is 0 Å². The van der Waals surface area contributed by atoms with Gasteiger partial charge >= 0.3 is 6.03 Å². The zero-order chi connectivity index (χ0) is 13.6. The molecule has 2 N–H and O–H groups in total. The normalized spacial score (nSPS) is 10.1. The molecule has 0 aromatic rings. The third-order valence-electron chi connectivity index (χ3n) is 2.69. The first-order chi connectivity index (χ1) is 8.70. The summed E-state index contributed by atoms with van der Waals surface area (Å²) < 4.78 is 0. The van der Waals surface area contributed by atoms with Crippen molar-refractivity contribution in [3.63, 3.8) is 0 Å². The first-order valence-corrected chi connectivity index (χ1v) is 7.37. The number of carbonyl (C=O) groups excluding carboxylic acids is 2. The molecule has 0 saturated carbocycles. The van der Waals surface area contributed by atoms with E-state index in [0.717, 1.165) is 12.8 Å². The number of amides is 3. The second-order valence-electron chi connectivity index (χ2n) is 4.41. The lowest BCUT2D eigenvalue weighted by Gasteiger charge is -2.05. The van der Waals surface area contributed by atoms with Crippen LogP contribution in [-0.4, -0.2) is 24.4 Å². The third kappa shape index (κ3) is 11.7. The number of carbonyl (C=O) groups is 2. The zero-order valence-electron chi connectivity index (χ0n) is 11.3. The number of urea groups is 1. The zero-order valence-corrected chi connectivity index (χ0v) is 12.0. The van der Waals surface area contributed by atoms with E-state index in [0.29, 0.717) is 6.54 Å². The molecule has 4 nitrogen and oxygen atoms in total. The maximum absolute atomic E-state index is 11.1. The van der Waals surface area contributed by atoms with Gasteiger partial charge in [-0.05, 0) is 6.42 Å². The first kappa shape index (κ1) is 17.2. The minimum absolute atomic E-state index is 0.189. The number of alkyl halides is 1. The van der Waals surface area contributed by atoms with Gasteiger partial charge in [-0.15, -0.1) is 11.6 Å². The van der Waals surface area contributed by atoms with E-state index in [4.69, 9.17) is 11.6 Å². The lowest BCUT2D eigenvalue weighted by molar-refractivity contribution is -0.117. The molecule has 0 rings (SSSR count). The SMILES string of the molecule is CCCCCCCCCCNC(=O)NC(=O)CCl. The summed E-state index contributed by atoms with van der Waals surface area (Å²) in [6.45, 7) is 2.82. The second-order valence-corrected chi connectivity index (χ2v) is 4.68. The standard InChI is InChI=1S/C13H25ClN2O2/c1-2-3-4-5-6-7-8-9-10-15-13(18)16-12(17)11-14/h2-11H2,1H3,(H2,15,16,17,18). The van der Waals surface area contributed by atoms with Crippen LogP contribution in [0.4, 0.5) is 4.79 Å². The van der Waals surface area contributed by atoms with Gasteiger partial charge in [0.05, 0.1) is 0 Å². The largest absolute Gasteiger partial charge is 0.338 e. The van der Waals surface area contributed by atoms with Crippen LogP contribution in [0.5, 0.6) is 0 Å². The van der Waals surface area contributed by atoms with Gasteiger partial charge in [0.1, 0.15) is 5.88 Å². The van der Waals surface area contributed by atoms with E-state index in [-0.39, 0.29) is 5.88 Å². The number of rotatable bonds is 10. The monoisotopic (exact) mass is 276 g/mol. The third-order valence-corrected chi connectivity index (χ3v) is 2.93. The van der Waals surface area contributed by atoms with E-state index in [1.54, 1.807) is 0 Å². The molecule has 106 valence electrons. The van der Waals surface area contributed by atoms with Crippen molar-refractivity contribution in [3.05, 3.63) is 0 Å². The summed E-state index contributed by atoms with van der Waals surface area (Å²) in [6, 6.07) is -0.455. The Bertz CT molecular complexity index is 235. The van der Waals surface area contributed by atoms with Gasteiger partial charge in [0.25, 0.3) is 0 Å². The van der Waals surface area contributed by atoms with Gasteiger partial charge < -0.3 is 5.32 Å².